The lowest BCUT2D eigenvalue weighted by atomic mass is 10.2. The van der Waals surface area contributed by atoms with Gasteiger partial charge in [-0.2, -0.15) is 11.8 Å². The maximum Gasteiger partial charge on any atom is 0.240 e. The summed E-state index contributed by atoms with van der Waals surface area (Å²) < 4.78 is 26.7. The van der Waals surface area contributed by atoms with Gasteiger partial charge in [-0.05, 0) is 42.5 Å². The van der Waals surface area contributed by atoms with Crippen molar-refractivity contribution in [2.75, 3.05) is 18.6 Å². The standard InChI is InChI=1S/C14H22BrNO2S2/c1-19-11-5-3-2-4-10-16-20(17,18)14-8-6-13(12-15)7-9-14/h6-9,16H,2-5,10-12H2,1H3. The van der Waals surface area contributed by atoms with Crippen LogP contribution in [0.5, 0.6) is 0 Å². The molecule has 0 aliphatic rings. The van der Waals surface area contributed by atoms with Gasteiger partial charge in [-0.15, -0.1) is 0 Å². The number of unbranched alkanes of at least 4 members (excludes halogenated alkanes) is 3. The van der Waals surface area contributed by atoms with Crippen molar-refractivity contribution >= 4 is 37.7 Å². The van der Waals surface area contributed by atoms with Crippen LogP contribution in [0.4, 0.5) is 0 Å². The van der Waals surface area contributed by atoms with Crippen molar-refractivity contribution < 1.29 is 8.42 Å². The normalized spacial score (nSPS) is 11.7. The van der Waals surface area contributed by atoms with Gasteiger partial charge in [-0.25, -0.2) is 13.1 Å². The van der Waals surface area contributed by atoms with Gasteiger partial charge in [0.15, 0.2) is 0 Å². The third-order valence-corrected chi connectivity index (χ3v) is 5.78. The van der Waals surface area contributed by atoms with E-state index >= 15 is 0 Å². The summed E-state index contributed by atoms with van der Waals surface area (Å²) in [5.41, 5.74) is 1.07. The van der Waals surface area contributed by atoms with E-state index in [0.29, 0.717) is 11.4 Å². The van der Waals surface area contributed by atoms with Gasteiger partial charge in [0.2, 0.25) is 10.0 Å². The highest BCUT2D eigenvalue weighted by Gasteiger charge is 2.12. The Morgan fingerprint density at radius 1 is 1.10 bits per heavy atom. The van der Waals surface area contributed by atoms with Crippen molar-refractivity contribution in [2.45, 2.75) is 35.9 Å². The molecule has 0 radical (unpaired) electrons. The molecule has 0 heterocycles. The van der Waals surface area contributed by atoms with Crippen LogP contribution in [0.1, 0.15) is 31.2 Å². The second kappa shape index (κ2) is 9.82. The summed E-state index contributed by atoms with van der Waals surface area (Å²) >= 11 is 5.20. The van der Waals surface area contributed by atoms with E-state index in [9.17, 15) is 8.42 Å². The fourth-order valence-electron chi connectivity index (χ4n) is 1.77. The molecule has 1 aromatic rings. The van der Waals surface area contributed by atoms with E-state index in [1.807, 2.05) is 23.9 Å². The van der Waals surface area contributed by atoms with Gasteiger partial charge in [0.05, 0.1) is 4.90 Å². The van der Waals surface area contributed by atoms with Crippen LogP contribution in [0.2, 0.25) is 0 Å². The molecule has 6 heteroatoms. The molecule has 0 aliphatic heterocycles. The van der Waals surface area contributed by atoms with Crippen LogP contribution in [0.3, 0.4) is 0 Å². The highest BCUT2D eigenvalue weighted by molar-refractivity contribution is 9.08. The van der Waals surface area contributed by atoms with Crippen LogP contribution in [0, 0.1) is 0 Å². The lowest BCUT2D eigenvalue weighted by Gasteiger charge is -2.07. The molecular formula is C14H22BrNO2S2. The Labute approximate surface area is 135 Å². The molecular weight excluding hydrogens is 358 g/mol. The summed E-state index contributed by atoms with van der Waals surface area (Å²) in [6.07, 6.45) is 6.46. The molecule has 0 atom stereocenters. The van der Waals surface area contributed by atoms with Crippen molar-refractivity contribution in [1.82, 2.24) is 4.72 Å². The Morgan fingerprint density at radius 3 is 2.35 bits per heavy atom. The fourth-order valence-corrected chi connectivity index (χ4v) is 3.71. The van der Waals surface area contributed by atoms with Gasteiger partial charge < -0.3 is 0 Å². The number of sulfonamides is 1. The van der Waals surface area contributed by atoms with Gasteiger partial charge in [0, 0.05) is 11.9 Å². The number of rotatable bonds is 10. The number of nitrogens with one attached hydrogen (secondary N) is 1. The first-order chi connectivity index (χ1) is 9.60. The van der Waals surface area contributed by atoms with Gasteiger partial charge in [0.25, 0.3) is 0 Å². The molecule has 0 bridgehead atoms. The summed E-state index contributed by atoms with van der Waals surface area (Å²) in [6, 6.07) is 6.95. The van der Waals surface area contributed by atoms with E-state index in [1.165, 1.54) is 18.6 Å². The second-order valence-corrected chi connectivity index (χ2v) is 7.90. The largest absolute Gasteiger partial charge is 0.240 e. The molecule has 1 N–H and O–H groups in total. The summed E-state index contributed by atoms with van der Waals surface area (Å²) in [7, 11) is -3.35. The number of hydrogen-bond donors (Lipinski definition) is 1. The second-order valence-electron chi connectivity index (χ2n) is 4.58. The molecule has 0 saturated heterocycles. The van der Waals surface area contributed by atoms with E-state index in [0.717, 1.165) is 23.7 Å². The summed E-state index contributed by atoms with van der Waals surface area (Å²) in [5.74, 6) is 1.19. The minimum atomic E-state index is -3.35. The van der Waals surface area contributed by atoms with Gasteiger partial charge in [-0.1, -0.05) is 40.9 Å². The monoisotopic (exact) mass is 379 g/mol. The van der Waals surface area contributed by atoms with Crippen molar-refractivity contribution in [3.8, 4) is 0 Å². The first-order valence-corrected chi connectivity index (χ1v) is 10.7. The lowest BCUT2D eigenvalue weighted by molar-refractivity contribution is 0.574. The maximum atomic E-state index is 12.0. The van der Waals surface area contributed by atoms with Gasteiger partial charge in [-0.3, -0.25) is 0 Å². The Kier molecular flexibility index (Phi) is 8.84. The fraction of sp³-hybridized carbons (Fsp3) is 0.571. The van der Waals surface area contributed by atoms with Crippen LogP contribution < -0.4 is 4.72 Å². The predicted octanol–water partition coefficient (Wildman–Crippen LogP) is 3.78. The maximum absolute atomic E-state index is 12.0. The third kappa shape index (κ3) is 6.61. The molecule has 0 saturated carbocycles. The number of hydrogen-bond acceptors (Lipinski definition) is 3. The van der Waals surface area contributed by atoms with E-state index in [-0.39, 0.29) is 0 Å². The Hall–Kier alpha value is -0.0400. The molecule has 0 unspecified atom stereocenters. The lowest BCUT2D eigenvalue weighted by Crippen LogP contribution is -2.24. The highest BCUT2D eigenvalue weighted by atomic mass is 79.9. The van der Waals surface area contributed by atoms with E-state index < -0.39 is 10.0 Å². The summed E-state index contributed by atoms with van der Waals surface area (Å²) in [4.78, 5) is 0.338. The van der Waals surface area contributed by atoms with Crippen molar-refractivity contribution in [3.05, 3.63) is 29.8 Å². The number of benzene rings is 1. The number of halogens is 1. The zero-order valence-electron chi connectivity index (χ0n) is 11.8. The van der Waals surface area contributed by atoms with E-state index in [2.05, 4.69) is 26.9 Å². The highest BCUT2D eigenvalue weighted by Crippen LogP contribution is 2.12. The SMILES string of the molecule is CSCCCCCCNS(=O)(=O)c1ccc(CBr)cc1. The summed E-state index contributed by atoms with van der Waals surface area (Å²) in [6.45, 7) is 0.516. The number of thioether (sulfide) groups is 1. The zero-order chi connectivity index (χ0) is 14.8. The Bertz CT molecular complexity index is 474. The molecule has 0 aromatic heterocycles. The third-order valence-electron chi connectivity index (χ3n) is 2.96. The first kappa shape index (κ1) is 18.0. The van der Waals surface area contributed by atoms with Crippen LogP contribution in [0.25, 0.3) is 0 Å². The zero-order valence-corrected chi connectivity index (χ0v) is 15.0. The quantitative estimate of drug-likeness (QED) is 0.496. The van der Waals surface area contributed by atoms with Crippen LogP contribution >= 0.6 is 27.7 Å². The molecule has 3 nitrogen and oxygen atoms in total. The minimum Gasteiger partial charge on any atom is -0.211 e. The molecule has 1 rings (SSSR count). The van der Waals surface area contributed by atoms with Gasteiger partial charge in [0.1, 0.15) is 0 Å². The van der Waals surface area contributed by atoms with Crippen LogP contribution in [-0.4, -0.2) is 27.0 Å². The van der Waals surface area contributed by atoms with E-state index in [1.54, 1.807) is 12.1 Å². The van der Waals surface area contributed by atoms with Crippen molar-refractivity contribution in [2.24, 2.45) is 0 Å². The Balaban J connectivity index is 2.33. The van der Waals surface area contributed by atoms with E-state index in [4.69, 9.17) is 0 Å². The molecule has 20 heavy (non-hydrogen) atoms. The summed E-state index contributed by atoms with van der Waals surface area (Å²) in [5, 5.41) is 0.733. The first-order valence-electron chi connectivity index (χ1n) is 6.73. The average Bonchev–Trinajstić information content (AvgIpc) is 2.46. The van der Waals surface area contributed by atoms with Crippen molar-refractivity contribution in [1.29, 1.82) is 0 Å². The smallest absolute Gasteiger partial charge is 0.211 e. The average molecular weight is 380 g/mol. The van der Waals surface area contributed by atoms with Crippen LogP contribution in [-0.2, 0) is 15.4 Å². The van der Waals surface area contributed by atoms with Crippen LogP contribution in [0.15, 0.2) is 29.2 Å². The Morgan fingerprint density at radius 2 is 1.75 bits per heavy atom. The molecule has 1 aromatic carbocycles. The topological polar surface area (TPSA) is 46.2 Å². The molecule has 0 amide bonds. The molecule has 0 fully saturated rings. The van der Waals surface area contributed by atoms with Gasteiger partial charge >= 0.3 is 0 Å². The van der Waals surface area contributed by atoms with Crippen molar-refractivity contribution in [3.63, 3.8) is 0 Å². The predicted molar refractivity (Wildman–Crippen MR) is 91.1 cm³/mol. The minimum absolute atomic E-state index is 0.338. The molecule has 0 spiro atoms. The molecule has 0 aliphatic carbocycles. The number of alkyl halides is 1. The molecule has 114 valence electrons.